The first kappa shape index (κ1) is 7.88. The molecule has 0 aliphatic heterocycles. The maximum atomic E-state index is 9.00. The number of rotatable bonds is 1. The minimum atomic E-state index is 0.0563. The Kier molecular flexibility index (Phi) is 2.33. The van der Waals surface area contributed by atoms with Gasteiger partial charge in [0.15, 0.2) is 0 Å². The molecule has 0 heterocycles. The smallest absolute Gasteiger partial charge is 0.134 e. The fraction of sp³-hybridized carbons (Fsp3) is 0. The van der Waals surface area contributed by atoms with Gasteiger partial charge in [-0.05, 0) is 23.8 Å². The molecule has 0 aliphatic carbocycles. The zero-order chi connectivity index (χ0) is 8.27. The first-order chi connectivity index (χ1) is 5.24. The molecule has 1 aromatic rings. The molecular formula is C7H7ClN2O. The number of phenolic OH excluding ortho intramolecular Hbond substituents is 1. The minimum absolute atomic E-state index is 0.0563. The van der Waals surface area contributed by atoms with Gasteiger partial charge in [-0.15, -0.1) is 0 Å². The lowest BCUT2D eigenvalue weighted by Crippen LogP contribution is -1.85. The Morgan fingerprint density at radius 2 is 2.27 bits per heavy atom. The van der Waals surface area contributed by atoms with Crippen LogP contribution in [-0.2, 0) is 0 Å². The van der Waals surface area contributed by atoms with Crippen molar-refractivity contribution in [2.45, 2.75) is 0 Å². The minimum Gasteiger partial charge on any atom is -0.506 e. The quantitative estimate of drug-likeness (QED) is 0.380. The molecule has 3 nitrogen and oxygen atoms in total. The number of hydrogen-bond acceptors (Lipinski definition) is 3. The Balaban J connectivity index is 3.05. The van der Waals surface area contributed by atoms with Crippen LogP contribution in [0, 0.1) is 0 Å². The molecule has 3 N–H and O–H groups in total. The first-order valence-corrected chi connectivity index (χ1v) is 3.33. The van der Waals surface area contributed by atoms with Crippen molar-refractivity contribution in [3.05, 3.63) is 28.8 Å². The maximum Gasteiger partial charge on any atom is 0.134 e. The topological polar surface area (TPSA) is 58.6 Å². The van der Waals surface area contributed by atoms with Crippen LogP contribution in [-0.4, -0.2) is 11.3 Å². The van der Waals surface area contributed by atoms with Crippen molar-refractivity contribution in [3.63, 3.8) is 0 Å². The van der Waals surface area contributed by atoms with Crippen LogP contribution >= 0.6 is 11.6 Å². The second kappa shape index (κ2) is 3.25. The van der Waals surface area contributed by atoms with Gasteiger partial charge in [-0.1, -0.05) is 11.6 Å². The fourth-order valence-electron chi connectivity index (χ4n) is 0.690. The highest BCUT2D eigenvalue weighted by atomic mass is 35.5. The van der Waals surface area contributed by atoms with Gasteiger partial charge in [0.25, 0.3) is 0 Å². The highest BCUT2D eigenvalue weighted by Gasteiger charge is 1.96. The van der Waals surface area contributed by atoms with Crippen LogP contribution in [0.15, 0.2) is 23.3 Å². The summed E-state index contributed by atoms with van der Waals surface area (Å²) in [6, 6.07) is 4.73. The highest BCUT2D eigenvalue weighted by molar-refractivity contribution is 6.32. The Morgan fingerprint density at radius 3 is 2.82 bits per heavy atom. The molecule has 0 fully saturated rings. The average molecular weight is 171 g/mol. The third-order valence-electron chi connectivity index (χ3n) is 1.20. The van der Waals surface area contributed by atoms with Crippen molar-refractivity contribution < 1.29 is 5.11 Å². The van der Waals surface area contributed by atoms with Gasteiger partial charge in [0.2, 0.25) is 0 Å². The molecule has 0 radical (unpaired) electrons. The van der Waals surface area contributed by atoms with Crippen molar-refractivity contribution in [1.82, 2.24) is 0 Å². The van der Waals surface area contributed by atoms with Gasteiger partial charge < -0.3 is 10.9 Å². The van der Waals surface area contributed by atoms with Crippen molar-refractivity contribution >= 4 is 17.8 Å². The number of nitrogens with two attached hydrogens (primary N) is 1. The Morgan fingerprint density at radius 1 is 1.55 bits per heavy atom. The van der Waals surface area contributed by atoms with Crippen LogP contribution in [0.4, 0.5) is 0 Å². The van der Waals surface area contributed by atoms with Gasteiger partial charge in [0, 0.05) is 0 Å². The van der Waals surface area contributed by atoms with E-state index in [-0.39, 0.29) is 5.75 Å². The van der Waals surface area contributed by atoms with Gasteiger partial charge in [-0.3, -0.25) is 0 Å². The fourth-order valence-corrected chi connectivity index (χ4v) is 0.879. The number of hydrazone groups is 1. The van der Waals surface area contributed by atoms with E-state index >= 15 is 0 Å². The molecule has 0 aliphatic rings. The van der Waals surface area contributed by atoms with E-state index in [0.29, 0.717) is 5.02 Å². The van der Waals surface area contributed by atoms with E-state index in [1.807, 2.05) is 0 Å². The van der Waals surface area contributed by atoms with Gasteiger partial charge in [-0.2, -0.15) is 5.10 Å². The SMILES string of the molecule is NN=Cc1ccc(O)c(Cl)c1. The van der Waals surface area contributed by atoms with Crippen molar-refractivity contribution in [2.24, 2.45) is 10.9 Å². The molecule has 1 rings (SSSR count). The summed E-state index contributed by atoms with van der Waals surface area (Å²) in [6.45, 7) is 0. The normalized spacial score (nSPS) is 10.6. The molecule has 0 saturated heterocycles. The summed E-state index contributed by atoms with van der Waals surface area (Å²) in [5.41, 5.74) is 0.760. The van der Waals surface area contributed by atoms with Crippen LogP contribution in [0.1, 0.15) is 5.56 Å². The molecule has 0 aromatic heterocycles. The number of nitrogens with zero attached hydrogens (tertiary/aromatic N) is 1. The van der Waals surface area contributed by atoms with E-state index in [4.69, 9.17) is 22.6 Å². The van der Waals surface area contributed by atoms with E-state index in [0.717, 1.165) is 5.56 Å². The van der Waals surface area contributed by atoms with Crippen LogP contribution < -0.4 is 5.84 Å². The van der Waals surface area contributed by atoms with Gasteiger partial charge in [-0.25, -0.2) is 0 Å². The molecule has 0 saturated carbocycles. The number of halogens is 1. The number of benzene rings is 1. The van der Waals surface area contributed by atoms with Crippen LogP contribution in [0.25, 0.3) is 0 Å². The van der Waals surface area contributed by atoms with E-state index in [2.05, 4.69) is 5.10 Å². The van der Waals surface area contributed by atoms with Gasteiger partial charge >= 0.3 is 0 Å². The third-order valence-corrected chi connectivity index (χ3v) is 1.50. The summed E-state index contributed by atoms with van der Waals surface area (Å²) in [4.78, 5) is 0. The zero-order valence-corrected chi connectivity index (χ0v) is 6.42. The predicted octanol–water partition coefficient (Wildman–Crippen LogP) is 1.34. The third kappa shape index (κ3) is 1.85. The van der Waals surface area contributed by atoms with Crippen molar-refractivity contribution in [1.29, 1.82) is 0 Å². The van der Waals surface area contributed by atoms with Crippen molar-refractivity contribution in [2.75, 3.05) is 0 Å². The van der Waals surface area contributed by atoms with E-state index < -0.39 is 0 Å². The van der Waals surface area contributed by atoms with Crippen molar-refractivity contribution in [3.8, 4) is 5.75 Å². The van der Waals surface area contributed by atoms with Gasteiger partial charge in [0.05, 0.1) is 11.2 Å². The molecule has 4 heteroatoms. The lowest BCUT2D eigenvalue weighted by molar-refractivity contribution is 0.475. The molecule has 0 atom stereocenters. The molecule has 1 aromatic carbocycles. The number of aromatic hydroxyl groups is 1. The van der Waals surface area contributed by atoms with E-state index in [1.54, 1.807) is 12.1 Å². The summed E-state index contributed by atoms with van der Waals surface area (Å²) in [5, 5.41) is 12.6. The lowest BCUT2D eigenvalue weighted by atomic mass is 10.2. The lowest BCUT2D eigenvalue weighted by Gasteiger charge is -1.96. The van der Waals surface area contributed by atoms with Crippen LogP contribution in [0.3, 0.4) is 0 Å². The number of phenols is 1. The second-order valence-electron chi connectivity index (χ2n) is 1.99. The molecule has 0 bridgehead atoms. The summed E-state index contributed by atoms with van der Waals surface area (Å²) in [7, 11) is 0. The molecule has 0 unspecified atom stereocenters. The average Bonchev–Trinajstić information content (AvgIpc) is 1.98. The molecule has 58 valence electrons. The summed E-state index contributed by atoms with van der Waals surface area (Å²) >= 11 is 5.60. The highest BCUT2D eigenvalue weighted by Crippen LogP contribution is 2.22. The van der Waals surface area contributed by atoms with E-state index in [9.17, 15) is 0 Å². The van der Waals surface area contributed by atoms with E-state index in [1.165, 1.54) is 12.3 Å². The molecule has 0 amide bonds. The summed E-state index contributed by atoms with van der Waals surface area (Å²) in [6.07, 6.45) is 1.45. The maximum absolute atomic E-state index is 9.00. The zero-order valence-electron chi connectivity index (χ0n) is 5.66. The van der Waals surface area contributed by atoms with Crippen LogP contribution in [0.2, 0.25) is 5.02 Å². The molecule has 11 heavy (non-hydrogen) atoms. The summed E-state index contributed by atoms with van der Waals surface area (Å²) < 4.78 is 0. The standard InChI is InChI=1S/C7H7ClN2O/c8-6-3-5(4-10-9)1-2-7(6)11/h1-4,11H,9H2. The van der Waals surface area contributed by atoms with Crippen LogP contribution in [0.5, 0.6) is 5.75 Å². The Hall–Kier alpha value is -1.22. The second-order valence-corrected chi connectivity index (χ2v) is 2.40. The number of hydrogen-bond donors (Lipinski definition) is 2. The van der Waals surface area contributed by atoms with Gasteiger partial charge in [0.1, 0.15) is 5.75 Å². The monoisotopic (exact) mass is 170 g/mol. The Bertz CT molecular complexity index is 286. The molecular weight excluding hydrogens is 164 g/mol. The largest absolute Gasteiger partial charge is 0.506 e. The molecule has 0 spiro atoms. The summed E-state index contributed by atoms with van der Waals surface area (Å²) in [5.74, 6) is 4.97. The first-order valence-electron chi connectivity index (χ1n) is 2.96. The predicted molar refractivity (Wildman–Crippen MR) is 44.9 cm³/mol. The Labute approximate surface area is 69.1 Å².